The standard InChI is InChI=1S/C23H27BrN4OS.CH2O2/c1-15-11-20(16(2)29-15)21-25-26-22(27(21)3)30-10-4-9-28-13-18-12-23(18,14-28)17-5-7-19(24)8-6-17;2-1-3/h5-8,11,18H,4,9-10,12-14H2,1-3H3;1H,(H,2,3)/t18-,23+;/m0./s1. The number of halogens is 1. The molecule has 0 bridgehead atoms. The normalized spacial score (nSPS) is 21.4. The molecule has 0 radical (unpaired) electrons. The molecule has 1 aliphatic heterocycles. The average Bonchev–Trinajstić information content (AvgIpc) is 3.02. The monoisotopic (exact) mass is 532 g/mol. The summed E-state index contributed by atoms with van der Waals surface area (Å²) < 4.78 is 8.89. The van der Waals surface area contributed by atoms with Gasteiger partial charge in [-0.15, -0.1) is 10.2 Å². The van der Waals surface area contributed by atoms with Crippen LogP contribution in [0.5, 0.6) is 0 Å². The minimum atomic E-state index is -0.250. The van der Waals surface area contributed by atoms with Gasteiger partial charge in [-0.25, -0.2) is 0 Å². The van der Waals surface area contributed by atoms with Crippen molar-refractivity contribution >= 4 is 34.2 Å². The van der Waals surface area contributed by atoms with Gasteiger partial charge >= 0.3 is 0 Å². The van der Waals surface area contributed by atoms with Crippen LogP contribution in [0.2, 0.25) is 0 Å². The number of hydrogen-bond acceptors (Lipinski definition) is 6. The van der Waals surface area contributed by atoms with E-state index >= 15 is 0 Å². The van der Waals surface area contributed by atoms with Crippen LogP contribution < -0.4 is 0 Å². The number of carbonyl (C=O) groups is 1. The maximum absolute atomic E-state index is 8.36. The second-order valence-corrected chi connectivity index (χ2v) is 10.8. The molecule has 2 aromatic heterocycles. The molecular weight excluding hydrogens is 504 g/mol. The van der Waals surface area contributed by atoms with E-state index in [2.05, 4.69) is 59.9 Å². The summed E-state index contributed by atoms with van der Waals surface area (Å²) in [6.07, 6.45) is 2.52. The molecule has 9 heteroatoms. The molecule has 7 nitrogen and oxygen atoms in total. The Balaban J connectivity index is 0.000000821. The Bertz CT molecular complexity index is 1110. The Kier molecular flexibility index (Phi) is 7.31. The van der Waals surface area contributed by atoms with Gasteiger partial charge in [0.15, 0.2) is 11.0 Å². The molecule has 2 aliphatic rings. The number of rotatable bonds is 7. The zero-order chi connectivity index (χ0) is 23.6. The predicted molar refractivity (Wildman–Crippen MR) is 133 cm³/mol. The highest BCUT2D eigenvalue weighted by Gasteiger charge is 2.60. The minimum Gasteiger partial charge on any atom is -0.483 e. The molecule has 0 amide bonds. The predicted octanol–water partition coefficient (Wildman–Crippen LogP) is 4.91. The number of carboxylic acid groups (broad SMARTS) is 1. The zero-order valence-electron chi connectivity index (χ0n) is 19.1. The summed E-state index contributed by atoms with van der Waals surface area (Å²) in [7, 11) is 2.04. The van der Waals surface area contributed by atoms with E-state index in [1.165, 1.54) is 31.5 Å². The highest BCUT2D eigenvalue weighted by Crippen LogP contribution is 2.59. The molecule has 0 unspecified atom stereocenters. The molecule has 0 spiro atoms. The van der Waals surface area contributed by atoms with Gasteiger partial charge in [0.05, 0.1) is 5.56 Å². The summed E-state index contributed by atoms with van der Waals surface area (Å²) in [4.78, 5) is 11.0. The molecule has 1 aliphatic carbocycles. The first-order valence-corrected chi connectivity index (χ1v) is 12.8. The molecule has 1 N–H and O–H groups in total. The van der Waals surface area contributed by atoms with E-state index in [-0.39, 0.29) is 6.47 Å². The van der Waals surface area contributed by atoms with Crippen LogP contribution in [0.25, 0.3) is 11.4 Å². The molecule has 1 aromatic carbocycles. The van der Waals surface area contributed by atoms with Gasteiger partial charge in [0.1, 0.15) is 11.5 Å². The first-order valence-electron chi connectivity index (χ1n) is 11.0. The van der Waals surface area contributed by atoms with E-state index in [1.807, 2.05) is 27.0 Å². The van der Waals surface area contributed by atoms with Crippen molar-refractivity contribution in [3.8, 4) is 11.4 Å². The molecule has 176 valence electrons. The van der Waals surface area contributed by atoms with Crippen molar-refractivity contribution < 1.29 is 14.3 Å². The van der Waals surface area contributed by atoms with Crippen LogP contribution in [0.3, 0.4) is 0 Å². The zero-order valence-corrected chi connectivity index (χ0v) is 21.5. The van der Waals surface area contributed by atoms with Crippen molar-refractivity contribution in [2.45, 2.75) is 37.3 Å². The van der Waals surface area contributed by atoms with E-state index < -0.39 is 0 Å². The second kappa shape index (κ2) is 10.0. The lowest BCUT2D eigenvalue weighted by molar-refractivity contribution is -0.122. The molecule has 2 atom stereocenters. The molecule has 3 aromatic rings. The summed E-state index contributed by atoms with van der Waals surface area (Å²) in [6.45, 7) is 7.30. The minimum absolute atomic E-state index is 0.250. The fourth-order valence-electron chi connectivity index (χ4n) is 4.97. The second-order valence-electron chi connectivity index (χ2n) is 8.80. The van der Waals surface area contributed by atoms with E-state index in [1.54, 1.807) is 11.8 Å². The Hall–Kier alpha value is -2.10. The first kappa shape index (κ1) is 24.0. The van der Waals surface area contributed by atoms with Crippen LogP contribution in [0, 0.1) is 19.8 Å². The van der Waals surface area contributed by atoms with Gasteiger partial charge in [-0.2, -0.15) is 0 Å². The Morgan fingerprint density at radius 3 is 2.70 bits per heavy atom. The number of piperidine rings is 1. The number of furan rings is 1. The quantitative estimate of drug-likeness (QED) is 0.263. The molecule has 33 heavy (non-hydrogen) atoms. The highest BCUT2D eigenvalue weighted by molar-refractivity contribution is 9.10. The smallest absolute Gasteiger partial charge is 0.290 e. The van der Waals surface area contributed by atoms with Gasteiger partial charge in [-0.1, -0.05) is 39.8 Å². The summed E-state index contributed by atoms with van der Waals surface area (Å²) >= 11 is 5.35. The number of likely N-dealkylation sites (tertiary alicyclic amines) is 1. The third-order valence-corrected chi connectivity index (χ3v) is 8.24. The fourth-order valence-corrected chi connectivity index (χ4v) is 6.06. The van der Waals surface area contributed by atoms with Gasteiger partial charge in [-0.05, 0) is 62.9 Å². The third-order valence-electron chi connectivity index (χ3n) is 6.60. The SMILES string of the molecule is Cc1cc(-c2nnc(SCCCN3C[C@@H]4C[C@]4(c4ccc(Br)cc4)C3)n2C)c(C)o1.O=CO. The summed E-state index contributed by atoms with van der Waals surface area (Å²) in [6, 6.07) is 11.0. The Labute approximate surface area is 206 Å². The number of benzene rings is 1. The van der Waals surface area contributed by atoms with Crippen LogP contribution >= 0.6 is 27.7 Å². The number of aromatic nitrogens is 3. The van der Waals surface area contributed by atoms with Crippen molar-refractivity contribution in [3.63, 3.8) is 0 Å². The van der Waals surface area contributed by atoms with Crippen LogP contribution in [0.15, 0.2) is 44.4 Å². The Morgan fingerprint density at radius 1 is 1.30 bits per heavy atom. The lowest BCUT2D eigenvalue weighted by Gasteiger charge is -2.21. The van der Waals surface area contributed by atoms with Crippen molar-refractivity contribution in [1.29, 1.82) is 0 Å². The maximum Gasteiger partial charge on any atom is 0.290 e. The van der Waals surface area contributed by atoms with E-state index in [4.69, 9.17) is 14.3 Å². The lowest BCUT2D eigenvalue weighted by atomic mass is 9.95. The number of hydrogen-bond donors (Lipinski definition) is 1. The fraction of sp³-hybridized carbons (Fsp3) is 0.458. The van der Waals surface area contributed by atoms with Crippen LogP contribution in [0.1, 0.15) is 29.9 Å². The first-order chi connectivity index (χ1) is 15.9. The number of nitrogens with zero attached hydrogens (tertiary/aromatic N) is 4. The number of thioether (sulfide) groups is 1. The van der Waals surface area contributed by atoms with Gasteiger partial charge in [-0.3, -0.25) is 4.79 Å². The molecule has 5 rings (SSSR count). The van der Waals surface area contributed by atoms with Gasteiger partial charge in [0, 0.05) is 35.8 Å². The van der Waals surface area contributed by atoms with Crippen LogP contribution in [-0.4, -0.2) is 56.6 Å². The van der Waals surface area contributed by atoms with Gasteiger partial charge in [0.2, 0.25) is 0 Å². The molecule has 1 saturated carbocycles. The summed E-state index contributed by atoms with van der Waals surface area (Å²) in [5.41, 5.74) is 2.97. The maximum atomic E-state index is 8.36. The molecular formula is C24H29BrN4O3S. The molecule has 1 saturated heterocycles. The molecule has 3 heterocycles. The van der Waals surface area contributed by atoms with Crippen molar-refractivity contribution in [3.05, 3.63) is 51.9 Å². The van der Waals surface area contributed by atoms with E-state index in [0.717, 1.165) is 50.8 Å². The van der Waals surface area contributed by atoms with E-state index in [0.29, 0.717) is 5.41 Å². The summed E-state index contributed by atoms with van der Waals surface area (Å²) in [5.74, 6) is 4.58. The van der Waals surface area contributed by atoms with Gasteiger partial charge in [0.25, 0.3) is 6.47 Å². The Morgan fingerprint density at radius 2 is 2.03 bits per heavy atom. The van der Waals surface area contributed by atoms with Crippen molar-refractivity contribution in [2.24, 2.45) is 13.0 Å². The number of fused-ring (bicyclic) bond motifs is 1. The lowest BCUT2D eigenvalue weighted by Crippen LogP contribution is -2.27. The van der Waals surface area contributed by atoms with Gasteiger partial charge < -0.3 is 19.0 Å². The largest absolute Gasteiger partial charge is 0.483 e. The van der Waals surface area contributed by atoms with E-state index in [9.17, 15) is 0 Å². The topological polar surface area (TPSA) is 84.4 Å². The van der Waals surface area contributed by atoms with Crippen molar-refractivity contribution in [2.75, 3.05) is 25.4 Å². The third kappa shape index (κ3) is 5.05. The summed E-state index contributed by atoms with van der Waals surface area (Å²) in [5, 5.41) is 16.7. The van der Waals surface area contributed by atoms with Crippen LogP contribution in [0.4, 0.5) is 0 Å². The van der Waals surface area contributed by atoms with Crippen LogP contribution in [-0.2, 0) is 17.3 Å². The van der Waals surface area contributed by atoms with Crippen molar-refractivity contribution in [1.82, 2.24) is 19.7 Å². The molecule has 2 fully saturated rings. The highest BCUT2D eigenvalue weighted by atomic mass is 79.9. The number of aryl methyl sites for hydroxylation is 2. The average molecular weight is 533 g/mol.